The molecular weight excluding hydrogens is 681 g/mol. The Balaban J connectivity index is 1.10. The van der Waals surface area contributed by atoms with E-state index in [-0.39, 0.29) is 28.2 Å². The molecule has 0 saturated carbocycles. The van der Waals surface area contributed by atoms with E-state index in [0.29, 0.717) is 72.8 Å². The molecule has 1 aromatic heterocycles. The second kappa shape index (κ2) is 13.9. The van der Waals surface area contributed by atoms with Gasteiger partial charge in [0.15, 0.2) is 11.7 Å². The first-order valence-electron chi connectivity index (χ1n) is 16.1. The van der Waals surface area contributed by atoms with Gasteiger partial charge < -0.3 is 29.4 Å². The molecule has 3 aliphatic heterocycles. The number of aromatic carboxylic acids is 1. The number of hydrogen-bond donors (Lipinski definition) is 2. The van der Waals surface area contributed by atoms with Crippen molar-refractivity contribution >= 4 is 41.1 Å². The van der Waals surface area contributed by atoms with Gasteiger partial charge in [0.1, 0.15) is 23.4 Å². The van der Waals surface area contributed by atoms with Crippen molar-refractivity contribution < 1.29 is 33.4 Å². The number of anilines is 1. The van der Waals surface area contributed by atoms with Gasteiger partial charge in [-0.2, -0.15) is 0 Å². The van der Waals surface area contributed by atoms with Crippen LogP contribution >= 0.6 is 11.6 Å². The number of halogens is 2. The first kappa shape index (κ1) is 33.8. The van der Waals surface area contributed by atoms with Crippen LogP contribution in [0.1, 0.15) is 27.8 Å². The number of urea groups is 1. The van der Waals surface area contributed by atoms with Gasteiger partial charge in [0.25, 0.3) is 0 Å². The van der Waals surface area contributed by atoms with Gasteiger partial charge in [0.05, 0.1) is 24.3 Å². The number of methoxy groups -OCH3 is 1. The minimum Gasteiger partial charge on any atom is -0.478 e. The number of carbonyl (C=O) groups excluding carboxylic acids is 2. The molecule has 3 aromatic carbocycles. The van der Waals surface area contributed by atoms with Crippen molar-refractivity contribution in [3.05, 3.63) is 118 Å². The van der Waals surface area contributed by atoms with Crippen molar-refractivity contribution in [3.8, 4) is 11.5 Å². The minimum absolute atomic E-state index is 0.0990. The highest BCUT2D eigenvalue weighted by Gasteiger charge is 2.42. The lowest BCUT2D eigenvalue weighted by Gasteiger charge is -2.38. The molecule has 7 rings (SSSR count). The number of amidine groups is 1. The molecule has 0 unspecified atom stereocenters. The van der Waals surface area contributed by atoms with Crippen molar-refractivity contribution in [2.45, 2.75) is 12.1 Å². The van der Waals surface area contributed by atoms with Gasteiger partial charge >= 0.3 is 18.0 Å². The number of carboxylic acid groups (broad SMARTS) is 1. The number of nitrogens with one attached hydrogen (secondary N) is 1. The van der Waals surface area contributed by atoms with Crippen LogP contribution in [0.25, 0.3) is 0 Å². The lowest BCUT2D eigenvalue weighted by Crippen LogP contribution is -2.53. The Kier molecular flexibility index (Phi) is 9.19. The largest absolute Gasteiger partial charge is 0.478 e. The molecule has 51 heavy (non-hydrogen) atoms. The lowest BCUT2D eigenvalue weighted by atomic mass is 9.95. The average molecular weight is 714 g/mol. The highest BCUT2D eigenvalue weighted by atomic mass is 35.5. The Hall–Kier alpha value is -5.73. The number of fused-ring (bicyclic) bond motifs is 1. The Morgan fingerprint density at radius 1 is 1.04 bits per heavy atom. The van der Waals surface area contributed by atoms with Crippen molar-refractivity contribution in [1.82, 2.24) is 24.7 Å². The molecule has 2 atom stereocenters. The number of benzene rings is 3. The minimum atomic E-state index is -1.01. The number of amides is 2. The summed E-state index contributed by atoms with van der Waals surface area (Å²) >= 11 is 6.52. The summed E-state index contributed by atoms with van der Waals surface area (Å²) in [5.41, 5.74) is 2.12. The van der Waals surface area contributed by atoms with E-state index in [4.69, 9.17) is 31.2 Å². The van der Waals surface area contributed by atoms with Gasteiger partial charge in [0, 0.05) is 74.1 Å². The molecule has 15 heteroatoms. The number of aryl methyl sites for hydroxylation is 1. The molecule has 2 amide bonds. The van der Waals surface area contributed by atoms with E-state index in [1.165, 1.54) is 37.4 Å². The highest BCUT2D eigenvalue weighted by molar-refractivity contribution is 6.31. The zero-order valence-corrected chi connectivity index (χ0v) is 28.4. The number of ether oxygens (including phenoxy) is 2. The summed E-state index contributed by atoms with van der Waals surface area (Å²) in [7, 11) is 3.12. The first-order chi connectivity index (χ1) is 24.6. The van der Waals surface area contributed by atoms with Gasteiger partial charge in [-0.05, 0) is 60.7 Å². The summed E-state index contributed by atoms with van der Waals surface area (Å²) in [5.74, 6) is -0.140. The molecular formula is C36H33ClFN7O6. The van der Waals surface area contributed by atoms with Gasteiger partial charge in [0.2, 0.25) is 0 Å². The molecule has 2 fully saturated rings. The summed E-state index contributed by atoms with van der Waals surface area (Å²) in [6, 6.07) is 16.1. The van der Waals surface area contributed by atoms with Crippen LogP contribution in [0.5, 0.6) is 11.5 Å². The number of nitrogens with zero attached hydrogens (tertiary/aromatic N) is 6. The van der Waals surface area contributed by atoms with Crippen LogP contribution in [0.3, 0.4) is 0 Å². The Bertz CT molecular complexity index is 2070. The fourth-order valence-corrected chi connectivity index (χ4v) is 6.85. The summed E-state index contributed by atoms with van der Waals surface area (Å²) in [5, 5.41) is 12.6. The third-order valence-electron chi connectivity index (χ3n) is 9.13. The Morgan fingerprint density at radius 3 is 2.41 bits per heavy atom. The number of carboxylic acids is 1. The van der Waals surface area contributed by atoms with E-state index in [2.05, 4.69) is 15.2 Å². The zero-order chi connectivity index (χ0) is 35.8. The fourth-order valence-electron chi connectivity index (χ4n) is 6.58. The number of carbonyl (C=O) groups is 3. The Labute approximate surface area is 297 Å². The van der Waals surface area contributed by atoms with E-state index in [1.54, 1.807) is 46.1 Å². The van der Waals surface area contributed by atoms with Crippen molar-refractivity contribution in [3.63, 3.8) is 0 Å². The maximum atomic E-state index is 14.1. The van der Waals surface area contributed by atoms with Crippen LogP contribution in [0.15, 0.2) is 95.4 Å². The number of esters is 1. The van der Waals surface area contributed by atoms with E-state index in [9.17, 15) is 18.8 Å². The van der Waals surface area contributed by atoms with Gasteiger partial charge in [-0.3, -0.25) is 14.8 Å². The smallest absolute Gasteiger partial charge is 0.338 e. The number of aromatic nitrogens is 2. The molecule has 0 bridgehead atoms. The van der Waals surface area contributed by atoms with Crippen LogP contribution in [-0.4, -0.2) is 94.1 Å². The maximum Gasteiger partial charge on any atom is 0.338 e. The second-order valence-corrected chi connectivity index (χ2v) is 12.7. The molecule has 0 aliphatic carbocycles. The van der Waals surface area contributed by atoms with Crippen molar-refractivity contribution in [2.75, 3.05) is 44.7 Å². The van der Waals surface area contributed by atoms with Crippen LogP contribution in [0.2, 0.25) is 5.02 Å². The summed E-state index contributed by atoms with van der Waals surface area (Å²) in [6.45, 7) is 2.31. The van der Waals surface area contributed by atoms with Crippen LogP contribution < -0.4 is 15.0 Å². The average Bonchev–Trinajstić information content (AvgIpc) is 3.70. The van der Waals surface area contributed by atoms with Gasteiger partial charge in [-0.1, -0.05) is 17.7 Å². The second-order valence-electron chi connectivity index (χ2n) is 12.3. The summed E-state index contributed by atoms with van der Waals surface area (Å²) < 4.78 is 26.9. The molecule has 0 radical (unpaired) electrons. The molecule has 13 nitrogen and oxygen atoms in total. The highest BCUT2D eigenvalue weighted by Crippen LogP contribution is 2.37. The van der Waals surface area contributed by atoms with E-state index < -0.39 is 23.8 Å². The molecule has 0 spiro atoms. The first-order valence-corrected chi connectivity index (χ1v) is 16.5. The van der Waals surface area contributed by atoms with Crippen LogP contribution in [0, 0.1) is 5.82 Å². The summed E-state index contributed by atoms with van der Waals surface area (Å²) in [6.07, 6.45) is 3.42. The summed E-state index contributed by atoms with van der Waals surface area (Å²) in [4.78, 5) is 53.1. The molecule has 4 heterocycles. The molecule has 2 saturated heterocycles. The number of hydrogen-bond acceptors (Lipinski definition) is 9. The molecule has 4 aromatic rings. The SMILES string of the molecule is COC(=O)C1=C(CN2CCN3C(=O)N(c4ccc(Oc5ccc(C(=O)O)cc5)cc4)C[C@@H]3C2)NC(c2nccn2C)=N[C@H]1c1ccc(F)cc1Cl. The molecule has 3 aliphatic rings. The third kappa shape index (κ3) is 6.75. The van der Waals surface area contributed by atoms with Crippen molar-refractivity contribution in [2.24, 2.45) is 12.0 Å². The van der Waals surface area contributed by atoms with E-state index in [1.807, 2.05) is 24.1 Å². The van der Waals surface area contributed by atoms with Crippen molar-refractivity contribution in [1.29, 1.82) is 0 Å². The van der Waals surface area contributed by atoms with E-state index in [0.717, 1.165) is 0 Å². The monoisotopic (exact) mass is 713 g/mol. The van der Waals surface area contributed by atoms with Gasteiger partial charge in [-0.15, -0.1) is 0 Å². The van der Waals surface area contributed by atoms with Crippen LogP contribution in [-0.2, 0) is 16.6 Å². The third-order valence-corrected chi connectivity index (χ3v) is 9.45. The molecule has 2 N–H and O–H groups in total. The molecule has 262 valence electrons. The normalized spacial score (nSPS) is 19.1. The Morgan fingerprint density at radius 2 is 1.76 bits per heavy atom. The number of aliphatic imine (C=N–C) groups is 1. The fraction of sp³-hybridized carbons (Fsp3) is 0.250. The number of imidazole rings is 1. The maximum absolute atomic E-state index is 14.1. The zero-order valence-electron chi connectivity index (χ0n) is 27.6. The predicted molar refractivity (Wildman–Crippen MR) is 186 cm³/mol. The van der Waals surface area contributed by atoms with E-state index >= 15 is 0 Å². The topological polar surface area (TPSA) is 142 Å². The lowest BCUT2D eigenvalue weighted by molar-refractivity contribution is -0.136. The van der Waals surface area contributed by atoms with Gasteiger partial charge in [-0.25, -0.2) is 23.8 Å². The van der Waals surface area contributed by atoms with Crippen LogP contribution in [0.4, 0.5) is 14.9 Å². The number of piperazine rings is 1. The quantitative estimate of drug-likeness (QED) is 0.233. The predicted octanol–water partition coefficient (Wildman–Crippen LogP) is 4.85. The standard InChI is InChI=1S/C36H33ClFN7O6/c1-42-14-13-39-33(42)32-40-29(30(35(48)50-2)31(41-32)27-12-5-22(38)17-28(27)37)20-43-15-16-44-24(18-43)19-45(36(44)49)23-6-10-26(11-7-23)51-25-8-3-21(4-9-25)34(46)47/h3-14,17,24,31H,15-16,18-20H2,1-2H3,(H,40,41)(H,46,47)/t24-,31-/m0/s1. The number of rotatable bonds is 9.